The number of carbonyl (C=O) groups is 2. The maximum atomic E-state index is 12.5. The van der Waals surface area contributed by atoms with Gasteiger partial charge in [0.15, 0.2) is 11.5 Å². The summed E-state index contributed by atoms with van der Waals surface area (Å²) in [5, 5.41) is 0. The van der Waals surface area contributed by atoms with Crippen LogP contribution in [-0.2, 0) is 52.4 Å². The summed E-state index contributed by atoms with van der Waals surface area (Å²) in [6.45, 7) is 2.49. The van der Waals surface area contributed by atoms with Crippen LogP contribution >= 0.6 is 0 Å². The zero-order valence-electron chi connectivity index (χ0n) is 17.3. The average Bonchev–Trinajstić information content (AvgIpc) is 2.67. The SMILES string of the molecule is CCOS(=O)(=O)C1=C(OC2=C(S(=O)(=O)OCC)C=C(OC)C(=O)C2)CC(=O)C(OC)=C1. The molecule has 172 valence electrons. The summed E-state index contributed by atoms with van der Waals surface area (Å²) in [7, 11) is -6.37. The first-order valence-corrected chi connectivity index (χ1v) is 11.8. The first-order chi connectivity index (χ1) is 14.5. The fourth-order valence-electron chi connectivity index (χ4n) is 2.73. The summed E-state index contributed by atoms with van der Waals surface area (Å²) in [6.07, 6.45) is 0.707. The summed E-state index contributed by atoms with van der Waals surface area (Å²) in [6, 6.07) is 0. The third-order valence-electron chi connectivity index (χ3n) is 4.04. The average molecular weight is 478 g/mol. The van der Waals surface area contributed by atoms with Crippen LogP contribution in [0.5, 0.6) is 0 Å². The molecule has 13 heteroatoms. The molecule has 2 rings (SSSR count). The number of ether oxygens (including phenoxy) is 3. The van der Waals surface area contributed by atoms with Crippen molar-refractivity contribution in [3.63, 3.8) is 0 Å². The molecule has 31 heavy (non-hydrogen) atoms. The molecule has 0 saturated heterocycles. The molecule has 0 aliphatic heterocycles. The largest absolute Gasteiger partial charge is 0.493 e. The Kier molecular flexibility index (Phi) is 7.81. The van der Waals surface area contributed by atoms with Crippen molar-refractivity contribution < 1.29 is 49.0 Å². The molecule has 0 radical (unpaired) electrons. The first-order valence-electron chi connectivity index (χ1n) is 9.01. The second-order valence-electron chi connectivity index (χ2n) is 6.02. The number of carbonyl (C=O) groups excluding carboxylic acids is 2. The topological polar surface area (TPSA) is 149 Å². The molecular weight excluding hydrogens is 456 g/mol. The Morgan fingerprint density at radius 1 is 0.742 bits per heavy atom. The summed E-state index contributed by atoms with van der Waals surface area (Å²) < 4.78 is 75.0. The zero-order chi connectivity index (χ0) is 23.4. The second-order valence-corrected chi connectivity index (χ2v) is 9.19. The molecular formula is C18H22O11S2. The maximum Gasteiger partial charge on any atom is 0.300 e. The Labute approximate surface area is 180 Å². The van der Waals surface area contributed by atoms with Gasteiger partial charge in [0.1, 0.15) is 21.3 Å². The van der Waals surface area contributed by atoms with Crippen LogP contribution in [0.25, 0.3) is 0 Å². The number of hydrogen-bond donors (Lipinski definition) is 0. The lowest BCUT2D eigenvalue weighted by atomic mass is 10.1. The van der Waals surface area contributed by atoms with Gasteiger partial charge in [0, 0.05) is 12.2 Å². The molecule has 2 aliphatic rings. The van der Waals surface area contributed by atoms with Gasteiger partial charge in [0.25, 0.3) is 0 Å². The predicted octanol–water partition coefficient (Wildman–Crippen LogP) is 1.16. The van der Waals surface area contributed by atoms with Crippen molar-refractivity contribution in [1.82, 2.24) is 0 Å². The van der Waals surface area contributed by atoms with Crippen molar-refractivity contribution in [2.75, 3.05) is 27.4 Å². The third-order valence-corrected chi connectivity index (χ3v) is 6.90. The zero-order valence-corrected chi connectivity index (χ0v) is 18.9. The molecule has 0 amide bonds. The highest BCUT2D eigenvalue weighted by atomic mass is 32.2. The van der Waals surface area contributed by atoms with Crippen LogP contribution in [-0.4, -0.2) is 55.8 Å². The smallest absolute Gasteiger partial charge is 0.300 e. The van der Waals surface area contributed by atoms with Crippen LogP contribution in [0.1, 0.15) is 26.7 Å². The molecule has 0 N–H and O–H groups in total. The monoisotopic (exact) mass is 478 g/mol. The van der Waals surface area contributed by atoms with Crippen LogP contribution in [0, 0.1) is 0 Å². The van der Waals surface area contributed by atoms with Gasteiger partial charge in [0.2, 0.25) is 11.6 Å². The van der Waals surface area contributed by atoms with E-state index >= 15 is 0 Å². The van der Waals surface area contributed by atoms with Gasteiger partial charge in [-0.15, -0.1) is 0 Å². The fourth-order valence-corrected chi connectivity index (χ4v) is 4.89. The van der Waals surface area contributed by atoms with Crippen molar-refractivity contribution in [3.8, 4) is 0 Å². The van der Waals surface area contributed by atoms with Crippen LogP contribution in [0.4, 0.5) is 0 Å². The molecule has 0 saturated carbocycles. The van der Waals surface area contributed by atoms with Crippen molar-refractivity contribution >= 4 is 31.8 Å². The van der Waals surface area contributed by atoms with Crippen LogP contribution in [0.2, 0.25) is 0 Å². The number of allylic oxidation sites excluding steroid dienone is 6. The molecule has 0 unspecified atom stereocenters. The number of Topliss-reactive ketones (excluding diaryl/α,β-unsaturated/α-hetero) is 2. The van der Waals surface area contributed by atoms with E-state index in [1.54, 1.807) is 0 Å². The molecule has 0 spiro atoms. The summed E-state index contributed by atoms with van der Waals surface area (Å²) >= 11 is 0. The van der Waals surface area contributed by atoms with E-state index in [1.165, 1.54) is 28.1 Å². The number of ketones is 2. The third kappa shape index (κ3) is 5.42. The molecule has 2 aliphatic carbocycles. The van der Waals surface area contributed by atoms with Gasteiger partial charge in [-0.25, -0.2) is 0 Å². The molecule has 0 aromatic rings. The summed E-state index contributed by atoms with van der Waals surface area (Å²) in [4.78, 5) is 23.4. The van der Waals surface area contributed by atoms with Gasteiger partial charge in [-0.05, 0) is 13.8 Å². The summed E-state index contributed by atoms with van der Waals surface area (Å²) in [5.41, 5.74) is 0. The van der Waals surface area contributed by atoms with Gasteiger partial charge >= 0.3 is 20.2 Å². The van der Waals surface area contributed by atoms with Crippen molar-refractivity contribution in [1.29, 1.82) is 0 Å². The quantitative estimate of drug-likeness (QED) is 0.416. The minimum atomic E-state index is -4.37. The minimum Gasteiger partial charge on any atom is -0.493 e. The molecule has 0 aromatic carbocycles. The van der Waals surface area contributed by atoms with E-state index in [9.17, 15) is 26.4 Å². The van der Waals surface area contributed by atoms with E-state index in [-0.39, 0.29) is 24.7 Å². The van der Waals surface area contributed by atoms with Crippen LogP contribution in [0.15, 0.2) is 45.0 Å². The number of hydrogen-bond acceptors (Lipinski definition) is 11. The van der Waals surface area contributed by atoms with Gasteiger partial charge in [0.05, 0.1) is 40.3 Å². The normalized spacial score (nSPS) is 18.1. The lowest BCUT2D eigenvalue weighted by Gasteiger charge is -2.23. The molecule has 0 atom stereocenters. The lowest BCUT2D eigenvalue weighted by Crippen LogP contribution is -2.23. The second kappa shape index (κ2) is 9.77. The highest BCUT2D eigenvalue weighted by molar-refractivity contribution is 7.91. The van der Waals surface area contributed by atoms with Crippen LogP contribution < -0.4 is 0 Å². The standard InChI is InChI=1S/C18H22O11S2/c1-5-27-30(21,22)17-9-13(25-3)11(19)7-15(17)29-16-8-12(20)14(26-4)10-18(16)31(23,24)28-6-2/h9-10H,5-8H2,1-4H3. The Balaban J connectivity index is 2.70. The Morgan fingerprint density at radius 3 is 1.39 bits per heavy atom. The van der Waals surface area contributed by atoms with Gasteiger partial charge in [-0.3, -0.25) is 18.0 Å². The number of rotatable bonds is 10. The maximum absolute atomic E-state index is 12.5. The lowest BCUT2D eigenvalue weighted by molar-refractivity contribution is -0.118. The van der Waals surface area contributed by atoms with Crippen molar-refractivity contribution in [2.24, 2.45) is 0 Å². The van der Waals surface area contributed by atoms with E-state index < -0.39 is 66.0 Å². The summed E-state index contributed by atoms with van der Waals surface area (Å²) in [5.74, 6) is -2.55. The molecule has 11 nitrogen and oxygen atoms in total. The Bertz CT molecular complexity index is 1020. The molecule has 0 bridgehead atoms. The van der Waals surface area contributed by atoms with Gasteiger partial charge in [-0.2, -0.15) is 16.8 Å². The van der Waals surface area contributed by atoms with Gasteiger partial charge in [-0.1, -0.05) is 0 Å². The Hall–Kier alpha value is -2.48. The van der Waals surface area contributed by atoms with Crippen molar-refractivity contribution in [2.45, 2.75) is 26.7 Å². The highest BCUT2D eigenvalue weighted by Gasteiger charge is 2.36. The molecule has 0 heterocycles. The number of methoxy groups -OCH3 is 2. The Morgan fingerprint density at radius 2 is 1.10 bits per heavy atom. The van der Waals surface area contributed by atoms with Crippen molar-refractivity contribution in [3.05, 3.63) is 45.0 Å². The first kappa shape index (κ1) is 24.8. The van der Waals surface area contributed by atoms with Gasteiger partial charge < -0.3 is 14.2 Å². The van der Waals surface area contributed by atoms with E-state index in [0.717, 1.165) is 12.2 Å². The van der Waals surface area contributed by atoms with Crippen LogP contribution in [0.3, 0.4) is 0 Å². The fraction of sp³-hybridized carbons (Fsp3) is 0.444. The minimum absolute atomic E-state index is 0.200. The highest BCUT2D eigenvalue weighted by Crippen LogP contribution is 2.34. The van der Waals surface area contributed by atoms with E-state index in [2.05, 4.69) is 0 Å². The van der Waals surface area contributed by atoms with E-state index in [4.69, 9.17) is 22.6 Å². The molecule has 0 aromatic heterocycles. The van der Waals surface area contributed by atoms with E-state index in [0.29, 0.717) is 0 Å². The molecule has 0 fully saturated rings. The van der Waals surface area contributed by atoms with E-state index in [1.807, 2.05) is 0 Å². The predicted molar refractivity (Wildman–Crippen MR) is 106 cm³/mol.